The Morgan fingerprint density at radius 2 is 1.94 bits per heavy atom. The van der Waals surface area contributed by atoms with Gasteiger partial charge in [-0.1, -0.05) is 37.1 Å². The van der Waals surface area contributed by atoms with Gasteiger partial charge in [0.15, 0.2) is 0 Å². The van der Waals surface area contributed by atoms with Crippen LogP contribution >= 0.6 is 11.6 Å². The summed E-state index contributed by atoms with van der Waals surface area (Å²) < 4.78 is 0. The van der Waals surface area contributed by atoms with Crippen LogP contribution in [0.4, 0.5) is 0 Å². The molecule has 3 N–H and O–H groups in total. The summed E-state index contributed by atoms with van der Waals surface area (Å²) in [5.41, 5.74) is 5.72. The molecule has 90 valence electrons. The molecule has 0 aliphatic heterocycles. The van der Waals surface area contributed by atoms with E-state index in [0.717, 1.165) is 18.4 Å². The third-order valence-electron chi connectivity index (χ3n) is 3.15. The van der Waals surface area contributed by atoms with Gasteiger partial charge in [-0.2, -0.15) is 0 Å². The summed E-state index contributed by atoms with van der Waals surface area (Å²) in [5.74, 6) is 0.0821. The van der Waals surface area contributed by atoms with Gasteiger partial charge in [0.2, 0.25) is 0 Å². The van der Waals surface area contributed by atoms with Crippen molar-refractivity contribution in [3.63, 3.8) is 0 Å². The SMILES string of the molecule is CCCC(CN)C(C)(O)c1ccc(Cl)cc1. The summed E-state index contributed by atoms with van der Waals surface area (Å²) in [6.07, 6.45) is 1.94. The standard InChI is InChI=1S/C13H20ClNO/c1-3-4-11(9-15)13(2,16)10-5-7-12(14)8-6-10/h5-8,11,16H,3-4,9,15H2,1-2H3. The zero-order valence-electron chi connectivity index (χ0n) is 9.91. The van der Waals surface area contributed by atoms with Crippen molar-refractivity contribution >= 4 is 11.6 Å². The maximum atomic E-state index is 10.5. The Bertz CT molecular complexity index is 321. The maximum absolute atomic E-state index is 10.5. The first kappa shape index (κ1) is 13.5. The third-order valence-corrected chi connectivity index (χ3v) is 3.40. The molecule has 0 fully saturated rings. The van der Waals surface area contributed by atoms with Gasteiger partial charge >= 0.3 is 0 Å². The topological polar surface area (TPSA) is 46.2 Å². The van der Waals surface area contributed by atoms with E-state index in [0.29, 0.717) is 11.6 Å². The fraction of sp³-hybridized carbons (Fsp3) is 0.538. The quantitative estimate of drug-likeness (QED) is 0.833. The molecule has 0 saturated heterocycles. The average Bonchev–Trinajstić information content (AvgIpc) is 2.26. The second-order valence-electron chi connectivity index (χ2n) is 4.38. The lowest BCUT2D eigenvalue weighted by molar-refractivity contribution is -0.00626. The van der Waals surface area contributed by atoms with Gasteiger partial charge in [-0.15, -0.1) is 0 Å². The molecule has 1 aromatic carbocycles. The first-order valence-electron chi connectivity index (χ1n) is 5.70. The summed E-state index contributed by atoms with van der Waals surface area (Å²) in [7, 11) is 0. The highest BCUT2D eigenvalue weighted by Gasteiger charge is 2.31. The molecule has 0 heterocycles. The van der Waals surface area contributed by atoms with Gasteiger partial charge < -0.3 is 10.8 Å². The smallest absolute Gasteiger partial charge is 0.0908 e. The lowest BCUT2D eigenvalue weighted by Crippen LogP contribution is -2.36. The molecule has 2 nitrogen and oxygen atoms in total. The van der Waals surface area contributed by atoms with E-state index in [4.69, 9.17) is 17.3 Å². The van der Waals surface area contributed by atoms with Crippen molar-refractivity contribution in [3.8, 4) is 0 Å². The van der Waals surface area contributed by atoms with Gasteiger partial charge in [-0.05, 0) is 37.6 Å². The molecule has 3 heteroatoms. The van der Waals surface area contributed by atoms with Gasteiger partial charge in [0.05, 0.1) is 5.60 Å². The van der Waals surface area contributed by atoms with Crippen molar-refractivity contribution in [3.05, 3.63) is 34.9 Å². The fourth-order valence-electron chi connectivity index (χ4n) is 2.00. The predicted molar refractivity (Wildman–Crippen MR) is 68.5 cm³/mol. The van der Waals surface area contributed by atoms with E-state index in [1.165, 1.54) is 0 Å². The molecule has 2 unspecified atom stereocenters. The van der Waals surface area contributed by atoms with E-state index in [1.807, 2.05) is 19.1 Å². The van der Waals surface area contributed by atoms with Crippen molar-refractivity contribution in [2.24, 2.45) is 11.7 Å². The molecule has 1 aromatic rings. The second-order valence-corrected chi connectivity index (χ2v) is 4.81. The number of nitrogens with two attached hydrogens (primary N) is 1. The van der Waals surface area contributed by atoms with Gasteiger partial charge in [0.25, 0.3) is 0 Å². The zero-order chi connectivity index (χ0) is 12.2. The number of halogens is 1. The molecular formula is C13H20ClNO. The monoisotopic (exact) mass is 241 g/mol. The number of aliphatic hydroxyl groups is 1. The van der Waals surface area contributed by atoms with Crippen LogP contribution in [0.1, 0.15) is 32.3 Å². The summed E-state index contributed by atoms with van der Waals surface area (Å²) in [6, 6.07) is 7.32. The first-order chi connectivity index (χ1) is 7.52. The van der Waals surface area contributed by atoms with Crippen LogP contribution in [-0.4, -0.2) is 11.7 Å². The third kappa shape index (κ3) is 2.97. The van der Waals surface area contributed by atoms with E-state index in [9.17, 15) is 5.11 Å². The van der Waals surface area contributed by atoms with Crippen molar-refractivity contribution in [2.75, 3.05) is 6.54 Å². The Morgan fingerprint density at radius 1 is 1.38 bits per heavy atom. The van der Waals surface area contributed by atoms with Crippen LogP contribution in [0.25, 0.3) is 0 Å². The lowest BCUT2D eigenvalue weighted by atomic mass is 9.80. The summed E-state index contributed by atoms with van der Waals surface area (Å²) in [5, 5.41) is 11.2. The molecule has 0 aliphatic rings. The van der Waals surface area contributed by atoms with Crippen molar-refractivity contribution in [1.82, 2.24) is 0 Å². The summed E-state index contributed by atoms with van der Waals surface area (Å²) >= 11 is 5.83. The van der Waals surface area contributed by atoms with Gasteiger partial charge in [0, 0.05) is 10.9 Å². The van der Waals surface area contributed by atoms with Crippen LogP contribution in [0.2, 0.25) is 5.02 Å². The average molecular weight is 242 g/mol. The molecule has 0 aliphatic carbocycles. The Kier molecular flexibility index (Phi) is 4.78. The van der Waals surface area contributed by atoms with E-state index in [2.05, 4.69) is 6.92 Å². The predicted octanol–water partition coefficient (Wildman–Crippen LogP) is 2.92. The van der Waals surface area contributed by atoms with Crippen LogP contribution in [0.5, 0.6) is 0 Å². The van der Waals surface area contributed by atoms with Crippen molar-refractivity contribution < 1.29 is 5.11 Å². The molecule has 0 saturated carbocycles. The number of hydrogen-bond acceptors (Lipinski definition) is 2. The Hall–Kier alpha value is -0.570. The second kappa shape index (κ2) is 5.67. The van der Waals surface area contributed by atoms with Gasteiger partial charge in [-0.3, -0.25) is 0 Å². The highest BCUT2D eigenvalue weighted by atomic mass is 35.5. The van der Waals surface area contributed by atoms with Crippen LogP contribution in [-0.2, 0) is 5.60 Å². The van der Waals surface area contributed by atoms with Crippen LogP contribution in [0.3, 0.4) is 0 Å². The Labute approximate surface area is 102 Å². The minimum absolute atomic E-state index is 0.0821. The largest absolute Gasteiger partial charge is 0.385 e. The minimum atomic E-state index is -0.880. The number of rotatable bonds is 5. The molecule has 2 atom stereocenters. The molecule has 0 aromatic heterocycles. The fourth-order valence-corrected chi connectivity index (χ4v) is 2.13. The molecule has 16 heavy (non-hydrogen) atoms. The Morgan fingerprint density at radius 3 is 2.38 bits per heavy atom. The van der Waals surface area contributed by atoms with Crippen LogP contribution in [0, 0.1) is 5.92 Å². The van der Waals surface area contributed by atoms with E-state index in [-0.39, 0.29) is 5.92 Å². The molecule has 0 spiro atoms. The highest BCUT2D eigenvalue weighted by Crippen LogP contribution is 2.32. The van der Waals surface area contributed by atoms with E-state index < -0.39 is 5.60 Å². The normalized spacial score (nSPS) is 16.8. The molecule has 0 bridgehead atoms. The maximum Gasteiger partial charge on any atom is 0.0908 e. The van der Waals surface area contributed by atoms with Crippen molar-refractivity contribution in [1.29, 1.82) is 0 Å². The summed E-state index contributed by atoms with van der Waals surface area (Å²) in [6.45, 7) is 4.41. The molecule has 0 radical (unpaired) electrons. The Balaban J connectivity index is 2.94. The molecule has 1 rings (SSSR count). The van der Waals surface area contributed by atoms with Gasteiger partial charge in [-0.25, -0.2) is 0 Å². The van der Waals surface area contributed by atoms with E-state index in [1.54, 1.807) is 12.1 Å². The highest BCUT2D eigenvalue weighted by molar-refractivity contribution is 6.30. The van der Waals surface area contributed by atoms with Crippen molar-refractivity contribution in [2.45, 2.75) is 32.3 Å². The zero-order valence-corrected chi connectivity index (χ0v) is 10.7. The molecular weight excluding hydrogens is 222 g/mol. The summed E-state index contributed by atoms with van der Waals surface area (Å²) in [4.78, 5) is 0. The minimum Gasteiger partial charge on any atom is -0.385 e. The van der Waals surface area contributed by atoms with Crippen LogP contribution < -0.4 is 5.73 Å². The van der Waals surface area contributed by atoms with Crippen LogP contribution in [0.15, 0.2) is 24.3 Å². The van der Waals surface area contributed by atoms with E-state index >= 15 is 0 Å². The molecule has 0 amide bonds. The van der Waals surface area contributed by atoms with Gasteiger partial charge in [0.1, 0.15) is 0 Å². The number of hydrogen-bond donors (Lipinski definition) is 2. The number of benzene rings is 1. The first-order valence-corrected chi connectivity index (χ1v) is 6.08. The lowest BCUT2D eigenvalue weighted by Gasteiger charge is -2.32.